The van der Waals surface area contributed by atoms with Crippen LogP contribution in [0, 0.1) is 11.3 Å². The first-order valence-corrected chi connectivity index (χ1v) is 8.27. The number of para-hydroxylation sites is 1. The normalized spacial score (nSPS) is 22.3. The van der Waals surface area contributed by atoms with Gasteiger partial charge in [0.05, 0.1) is 32.3 Å². The van der Waals surface area contributed by atoms with Crippen molar-refractivity contribution in [1.82, 2.24) is 4.90 Å². The number of piperidine rings is 1. The Kier molecular flexibility index (Phi) is 5.01. The Morgan fingerprint density at radius 1 is 1.27 bits per heavy atom. The number of hydrogen-bond acceptors (Lipinski definition) is 4. The molecule has 122 valence electrons. The summed E-state index contributed by atoms with van der Waals surface area (Å²) in [6.07, 6.45) is 3.55. The average molecular weight is 305 g/mol. The molecule has 1 aromatic carbocycles. The number of likely N-dealkylation sites (tertiary alicyclic amines) is 1. The van der Waals surface area contributed by atoms with Crippen LogP contribution in [0.5, 0.6) is 5.75 Å². The monoisotopic (exact) mass is 305 g/mol. The van der Waals surface area contributed by atoms with Crippen molar-refractivity contribution in [2.45, 2.75) is 19.3 Å². The fourth-order valence-corrected chi connectivity index (χ4v) is 3.63. The van der Waals surface area contributed by atoms with Gasteiger partial charge in [-0.2, -0.15) is 0 Å². The Balaban J connectivity index is 1.49. The van der Waals surface area contributed by atoms with Gasteiger partial charge in [-0.25, -0.2) is 0 Å². The molecule has 4 heteroatoms. The van der Waals surface area contributed by atoms with Crippen molar-refractivity contribution in [3.8, 4) is 5.75 Å². The van der Waals surface area contributed by atoms with E-state index in [1.165, 1.54) is 18.4 Å². The number of methoxy groups -OCH3 is 1. The molecular weight excluding hydrogens is 278 g/mol. The third-order valence-electron chi connectivity index (χ3n) is 5.12. The molecule has 2 aliphatic rings. The van der Waals surface area contributed by atoms with E-state index in [9.17, 15) is 5.11 Å². The van der Waals surface area contributed by atoms with E-state index in [0.29, 0.717) is 13.2 Å². The van der Waals surface area contributed by atoms with E-state index < -0.39 is 0 Å². The van der Waals surface area contributed by atoms with Gasteiger partial charge in [-0.1, -0.05) is 18.2 Å². The summed E-state index contributed by atoms with van der Waals surface area (Å²) in [7, 11) is 1.75. The number of aliphatic hydroxyl groups excluding tert-OH is 1. The zero-order valence-corrected chi connectivity index (χ0v) is 13.5. The van der Waals surface area contributed by atoms with Crippen LogP contribution in [0.4, 0.5) is 0 Å². The fourth-order valence-electron chi connectivity index (χ4n) is 3.63. The molecule has 0 saturated carbocycles. The van der Waals surface area contributed by atoms with Crippen molar-refractivity contribution in [2.24, 2.45) is 11.3 Å². The molecule has 0 aromatic heterocycles. The Bertz CT molecular complexity index is 473. The largest absolute Gasteiger partial charge is 0.496 e. The summed E-state index contributed by atoms with van der Waals surface area (Å²) in [4.78, 5) is 2.50. The summed E-state index contributed by atoms with van der Waals surface area (Å²) in [5, 5.41) is 9.55. The average Bonchev–Trinajstić information content (AvgIpc) is 2.53. The molecule has 0 radical (unpaired) electrons. The van der Waals surface area contributed by atoms with Crippen molar-refractivity contribution in [3.63, 3.8) is 0 Å². The molecule has 0 aliphatic carbocycles. The second-order valence-electron chi connectivity index (χ2n) is 6.89. The molecule has 0 bridgehead atoms. The zero-order valence-electron chi connectivity index (χ0n) is 13.5. The van der Waals surface area contributed by atoms with E-state index in [1.54, 1.807) is 7.11 Å². The molecule has 2 saturated heterocycles. The van der Waals surface area contributed by atoms with Crippen molar-refractivity contribution in [2.75, 3.05) is 46.6 Å². The quantitative estimate of drug-likeness (QED) is 0.872. The molecule has 1 aromatic rings. The van der Waals surface area contributed by atoms with Crippen LogP contribution in [-0.2, 0) is 11.2 Å². The van der Waals surface area contributed by atoms with Gasteiger partial charge < -0.3 is 19.5 Å². The van der Waals surface area contributed by atoms with Gasteiger partial charge >= 0.3 is 0 Å². The van der Waals surface area contributed by atoms with Crippen molar-refractivity contribution >= 4 is 0 Å². The number of ether oxygens (including phenoxy) is 2. The predicted octanol–water partition coefficient (Wildman–Crippen LogP) is 1.96. The van der Waals surface area contributed by atoms with Gasteiger partial charge in [0.1, 0.15) is 5.75 Å². The highest BCUT2D eigenvalue weighted by atomic mass is 16.5. The smallest absolute Gasteiger partial charge is 0.122 e. The third-order valence-corrected chi connectivity index (χ3v) is 5.12. The maximum atomic E-state index is 9.55. The first kappa shape index (κ1) is 15.8. The van der Waals surface area contributed by atoms with Gasteiger partial charge in [-0.05, 0) is 49.9 Å². The molecule has 1 N–H and O–H groups in total. The minimum Gasteiger partial charge on any atom is -0.496 e. The predicted molar refractivity (Wildman–Crippen MR) is 86.2 cm³/mol. The van der Waals surface area contributed by atoms with E-state index in [-0.39, 0.29) is 12.0 Å². The highest BCUT2D eigenvalue weighted by Gasteiger charge is 2.40. The van der Waals surface area contributed by atoms with Crippen LogP contribution in [0.1, 0.15) is 18.4 Å². The summed E-state index contributed by atoms with van der Waals surface area (Å²) in [5.41, 5.74) is 1.33. The van der Waals surface area contributed by atoms with E-state index in [2.05, 4.69) is 17.0 Å². The Morgan fingerprint density at radius 2 is 2.00 bits per heavy atom. The van der Waals surface area contributed by atoms with Gasteiger partial charge in [0.2, 0.25) is 0 Å². The Hall–Kier alpha value is -1.10. The van der Waals surface area contributed by atoms with Crippen LogP contribution in [0.3, 0.4) is 0 Å². The minimum absolute atomic E-state index is 0.00941. The molecule has 0 spiro atoms. The van der Waals surface area contributed by atoms with Gasteiger partial charge in [0, 0.05) is 6.54 Å². The molecule has 0 amide bonds. The van der Waals surface area contributed by atoms with Gasteiger partial charge in [0.15, 0.2) is 0 Å². The van der Waals surface area contributed by atoms with Crippen LogP contribution >= 0.6 is 0 Å². The summed E-state index contributed by atoms with van der Waals surface area (Å²) in [6.45, 7) is 4.90. The van der Waals surface area contributed by atoms with E-state index in [0.717, 1.165) is 37.7 Å². The van der Waals surface area contributed by atoms with Crippen LogP contribution in [0.15, 0.2) is 24.3 Å². The maximum absolute atomic E-state index is 9.55. The van der Waals surface area contributed by atoms with E-state index in [4.69, 9.17) is 9.47 Å². The molecule has 2 aliphatic heterocycles. The number of aliphatic hydroxyl groups is 1. The van der Waals surface area contributed by atoms with Crippen LogP contribution in [-0.4, -0.2) is 56.6 Å². The molecule has 0 atom stereocenters. The SMILES string of the molecule is COc1ccccc1CC1CCN(CC2(CO)COC2)CC1. The summed E-state index contributed by atoms with van der Waals surface area (Å²) in [5.74, 6) is 1.74. The van der Waals surface area contributed by atoms with Crippen molar-refractivity contribution in [3.05, 3.63) is 29.8 Å². The highest BCUT2D eigenvalue weighted by molar-refractivity contribution is 5.33. The second-order valence-corrected chi connectivity index (χ2v) is 6.89. The fraction of sp³-hybridized carbons (Fsp3) is 0.667. The first-order valence-electron chi connectivity index (χ1n) is 8.27. The van der Waals surface area contributed by atoms with Gasteiger partial charge in [-0.15, -0.1) is 0 Å². The lowest BCUT2D eigenvalue weighted by molar-refractivity contribution is -0.150. The lowest BCUT2D eigenvalue weighted by atomic mass is 9.84. The van der Waals surface area contributed by atoms with Crippen molar-refractivity contribution in [1.29, 1.82) is 0 Å². The summed E-state index contributed by atoms with van der Waals surface area (Å²) >= 11 is 0. The van der Waals surface area contributed by atoms with E-state index >= 15 is 0 Å². The second kappa shape index (κ2) is 6.99. The summed E-state index contributed by atoms with van der Waals surface area (Å²) < 4.78 is 10.8. The van der Waals surface area contributed by atoms with Gasteiger partial charge in [0.25, 0.3) is 0 Å². The molecule has 22 heavy (non-hydrogen) atoms. The third kappa shape index (κ3) is 3.45. The molecule has 2 heterocycles. The lowest BCUT2D eigenvalue weighted by Crippen LogP contribution is -2.54. The molecule has 2 fully saturated rings. The van der Waals surface area contributed by atoms with E-state index in [1.807, 2.05) is 12.1 Å². The molecule has 4 nitrogen and oxygen atoms in total. The topological polar surface area (TPSA) is 41.9 Å². The minimum atomic E-state index is 0.00941. The maximum Gasteiger partial charge on any atom is 0.122 e. The Morgan fingerprint density at radius 3 is 2.59 bits per heavy atom. The van der Waals surface area contributed by atoms with Crippen LogP contribution in [0.25, 0.3) is 0 Å². The summed E-state index contributed by atoms with van der Waals surface area (Å²) in [6, 6.07) is 8.35. The first-order chi connectivity index (χ1) is 10.7. The van der Waals surface area contributed by atoms with Crippen molar-refractivity contribution < 1.29 is 14.6 Å². The highest BCUT2D eigenvalue weighted by Crippen LogP contribution is 2.31. The lowest BCUT2D eigenvalue weighted by Gasteiger charge is -2.45. The standard InChI is InChI=1S/C18H27NO3/c1-21-17-5-3-2-4-16(17)10-15-6-8-19(9-7-15)11-18(12-20)13-22-14-18/h2-5,15,20H,6-14H2,1H3. The number of nitrogens with zero attached hydrogens (tertiary/aromatic N) is 1. The number of hydrogen-bond donors (Lipinski definition) is 1. The molecule has 0 unspecified atom stereocenters. The zero-order chi connectivity index (χ0) is 15.4. The molecular formula is C18H27NO3. The van der Waals surface area contributed by atoms with Crippen LogP contribution < -0.4 is 4.74 Å². The number of rotatable bonds is 6. The number of benzene rings is 1. The molecule has 3 rings (SSSR count). The van der Waals surface area contributed by atoms with Crippen LogP contribution in [0.2, 0.25) is 0 Å². The van der Waals surface area contributed by atoms with Gasteiger partial charge in [-0.3, -0.25) is 0 Å². The Labute approximate surface area is 133 Å².